The van der Waals surface area contributed by atoms with Crippen molar-refractivity contribution in [1.82, 2.24) is 20.1 Å². The van der Waals surface area contributed by atoms with Gasteiger partial charge in [0.2, 0.25) is 0 Å². The van der Waals surface area contributed by atoms with E-state index in [9.17, 15) is 4.79 Å². The summed E-state index contributed by atoms with van der Waals surface area (Å²) in [5, 5.41) is 8.79. The van der Waals surface area contributed by atoms with E-state index >= 15 is 0 Å². The number of benzene rings is 1. The highest BCUT2D eigenvalue weighted by Gasteiger charge is 2.22. The quantitative estimate of drug-likeness (QED) is 0.698. The molecule has 4 rings (SSSR count). The Hall–Kier alpha value is -2.69. The van der Waals surface area contributed by atoms with Crippen LogP contribution in [0.1, 0.15) is 60.3 Å². The fourth-order valence-electron chi connectivity index (χ4n) is 4.03. The number of carbonyl (C=O) groups excluding carboxylic acids is 1. The summed E-state index contributed by atoms with van der Waals surface area (Å²) in [5.74, 6) is -0.00638. The maximum atomic E-state index is 13.1. The van der Waals surface area contributed by atoms with Crippen molar-refractivity contribution in [2.24, 2.45) is 0 Å². The molecule has 1 amide bonds. The van der Waals surface area contributed by atoms with E-state index in [4.69, 9.17) is 4.98 Å². The Bertz CT molecular complexity index is 953. The number of amides is 1. The van der Waals surface area contributed by atoms with E-state index in [1.807, 2.05) is 54.9 Å². The molecule has 3 aromatic rings. The molecule has 1 saturated carbocycles. The van der Waals surface area contributed by atoms with Crippen LogP contribution in [0.3, 0.4) is 0 Å². The molecule has 0 atom stereocenters. The minimum atomic E-state index is -0.00638. The SMILES string of the molecule is Cc1cc(C(=O)NC2CCCCCC2)c2c(C)nn(-c3ccccc3)c2n1. The first-order valence-corrected chi connectivity index (χ1v) is 9.87. The number of nitrogens with zero attached hydrogens (tertiary/aromatic N) is 3. The predicted octanol–water partition coefficient (Wildman–Crippen LogP) is 4.49. The topological polar surface area (TPSA) is 59.8 Å². The molecule has 27 heavy (non-hydrogen) atoms. The van der Waals surface area contributed by atoms with Crippen molar-refractivity contribution in [3.63, 3.8) is 0 Å². The van der Waals surface area contributed by atoms with E-state index in [1.165, 1.54) is 25.7 Å². The largest absolute Gasteiger partial charge is 0.349 e. The number of aromatic nitrogens is 3. The number of rotatable bonds is 3. The molecule has 0 unspecified atom stereocenters. The van der Waals surface area contributed by atoms with Crippen LogP contribution in [0.5, 0.6) is 0 Å². The van der Waals surface area contributed by atoms with Crippen molar-refractivity contribution in [2.45, 2.75) is 58.4 Å². The van der Waals surface area contributed by atoms with E-state index in [0.717, 1.165) is 41.0 Å². The summed E-state index contributed by atoms with van der Waals surface area (Å²) in [6.07, 6.45) is 7.08. The van der Waals surface area contributed by atoms with Crippen LogP contribution in [-0.4, -0.2) is 26.7 Å². The lowest BCUT2D eigenvalue weighted by Crippen LogP contribution is -2.34. The maximum absolute atomic E-state index is 13.1. The number of hydrogen-bond donors (Lipinski definition) is 1. The zero-order valence-corrected chi connectivity index (χ0v) is 16.0. The third-order valence-electron chi connectivity index (χ3n) is 5.38. The smallest absolute Gasteiger partial charge is 0.252 e. The van der Waals surface area contributed by atoms with Gasteiger partial charge in [-0.15, -0.1) is 0 Å². The minimum absolute atomic E-state index is 0.00638. The molecule has 5 heteroatoms. The number of fused-ring (bicyclic) bond motifs is 1. The van der Waals surface area contributed by atoms with Crippen LogP contribution in [0.15, 0.2) is 36.4 Å². The molecule has 0 radical (unpaired) electrons. The van der Waals surface area contributed by atoms with Gasteiger partial charge in [-0.3, -0.25) is 4.79 Å². The summed E-state index contributed by atoms with van der Waals surface area (Å²) < 4.78 is 1.83. The molecule has 140 valence electrons. The second-order valence-corrected chi connectivity index (χ2v) is 7.50. The van der Waals surface area contributed by atoms with Gasteiger partial charge in [0.05, 0.1) is 22.3 Å². The van der Waals surface area contributed by atoms with Crippen LogP contribution < -0.4 is 5.32 Å². The van der Waals surface area contributed by atoms with Gasteiger partial charge >= 0.3 is 0 Å². The van der Waals surface area contributed by atoms with Crippen LogP contribution in [0.25, 0.3) is 16.7 Å². The van der Waals surface area contributed by atoms with E-state index in [-0.39, 0.29) is 11.9 Å². The van der Waals surface area contributed by atoms with Gasteiger partial charge in [0.15, 0.2) is 5.65 Å². The molecule has 0 bridgehead atoms. The van der Waals surface area contributed by atoms with Crippen molar-refractivity contribution in [2.75, 3.05) is 0 Å². The predicted molar refractivity (Wildman–Crippen MR) is 107 cm³/mol. The molecular formula is C22H26N4O. The Kier molecular flexibility index (Phi) is 4.92. The third kappa shape index (κ3) is 3.59. The van der Waals surface area contributed by atoms with Gasteiger partial charge in [-0.25, -0.2) is 9.67 Å². The lowest BCUT2D eigenvalue weighted by Gasteiger charge is -2.17. The second kappa shape index (κ2) is 7.51. The first kappa shape index (κ1) is 17.7. The van der Waals surface area contributed by atoms with Crippen LogP contribution in [0.2, 0.25) is 0 Å². The average Bonchev–Trinajstić information content (AvgIpc) is 2.84. The molecule has 1 N–H and O–H groups in total. The Morgan fingerprint density at radius 2 is 1.78 bits per heavy atom. The number of aryl methyl sites for hydroxylation is 2. The van der Waals surface area contributed by atoms with Crippen molar-refractivity contribution >= 4 is 16.9 Å². The molecule has 0 saturated heterocycles. The molecule has 2 heterocycles. The third-order valence-corrected chi connectivity index (χ3v) is 5.38. The summed E-state index contributed by atoms with van der Waals surface area (Å²) in [5.41, 5.74) is 4.02. The molecule has 2 aromatic heterocycles. The summed E-state index contributed by atoms with van der Waals surface area (Å²) in [4.78, 5) is 17.8. The molecule has 5 nitrogen and oxygen atoms in total. The van der Waals surface area contributed by atoms with Gasteiger partial charge in [0.1, 0.15) is 0 Å². The van der Waals surface area contributed by atoms with Crippen molar-refractivity contribution in [1.29, 1.82) is 0 Å². The van der Waals surface area contributed by atoms with Gasteiger partial charge in [-0.1, -0.05) is 43.9 Å². The number of para-hydroxylation sites is 1. The Balaban J connectivity index is 1.75. The average molecular weight is 362 g/mol. The van der Waals surface area contributed by atoms with Gasteiger partial charge in [0, 0.05) is 11.7 Å². The molecular weight excluding hydrogens is 336 g/mol. The Labute approximate surface area is 159 Å². The van der Waals surface area contributed by atoms with E-state index in [2.05, 4.69) is 10.4 Å². The molecule has 1 fully saturated rings. The normalized spacial score (nSPS) is 15.6. The van der Waals surface area contributed by atoms with Crippen LogP contribution in [-0.2, 0) is 0 Å². The molecule has 1 aliphatic carbocycles. The van der Waals surface area contributed by atoms with Crippen molar-refractivity contribution in [3.8, 4) is 5.69 Å². The summed E-state index contributed by atoms with van der Waals surface area (Å²) in [6, 6.07) is 12.1. The van der Waals surface area contributed by atoms with Crippen LogP contribution in [0, 0.1) is 13.8 Å². The number of pyridine rings is 1. The summed E-state index contributed by atoms with van der Waals surface area (Å²) in [6.45, 7) is 3.88. The minimum Gasteiger partial charge on any atom is -0.349 e. The van der Waals surface area contributed by atoms with Crippen LogP contribution >= 0.6 is 0 Å². The molecule has 0 spiro atoms. The lowest BCUT2D eigenvalue weighted by molar-refractivity contribution is 0.0935. The second-order valence-electron chi connectivity index (χ2n) is 7.50. The maximum Gasteiger partial charge on any atom is 0.252 e. The highest BCUT2D eigenvalue weighted by Crippen LogP contribution is 2.25. The molecule has 0 aliphatic heterocycles. The van der Waals surface area contributed by atoms with Crippen LogP contribution in [0.4, 0.5) is 0 Å². The standard InChI is InChI=1S/C22H26N4O/c1-15-14-19(22(27)24-17-10-6-3-4-7-11-17)20-16(2)25-26(21(20)23-15)18-12-8-5-9-13-18/h5,8-9,12-14,17H,3-4,6-7,10-11H2,1-2H3,(H,24,27). The zero-order chi connectivity index (χ0) is 18.8. The number of hydrogen-bond acceptors (Lipinski definition) is 3. The fourth-order valence-corrected chi connectivity index (χ4v) is 4.03. The van der Waals surface area contributed by atoms with Gasteiger partial charge in [-0.05, 0) is 44.9 Å². The molecule has 1 aliphatic rings. The number of carbonyl (C=O) groups is 1. The highest BCUT2D eigenvalue weighted by atomic mass is 16.1. The summed E-state index contributed by atoms with van der Waals surface area (Å²) >= 11 is 0. The van der Waals surface area contributed by atoms with Crippen molar-refractivity contribution < 1.29 is 4.79 Å². The monoisotopic (exact) mass is 362 g/mol. The van der Waals surface area contributed by atoms with Crippen molar-refractivity contribution in [3.05, 3.63) is 53.3 Å². The first-order chi connectivity index (χ1) is 13.1. The van der Waals surface area contributed by atoms with Gasteiger partial charge in [-0.2, -0.15) is 5.10 Å². The Morgan fingerprint density at radius 3 is 2.48 bits per heavy atom. The van der Waals surface area contributed by atoms with E-state index in [1.54, 1.807) is 0 Å². The summed E-state index contributed by atoms with van der Waals surface area (Å²) in [7, 11) is 0. The Morgan fingerprint density at radius 1 is 1.07 bits per heavy atom. The van der Waals surface area contributed by atoms with Gasteiger partial charge in [0.25, 0.3) is 5.91 Å². The van der Waals surface area contributed by atoms with E-state index < -0.39 is 0 Å². The van der Waals surface area contributed by atoms with Gasteiger partial charge < -0.3 is 5.32 Å². The zero-order valence-electron chi connectivity index (χ0n) is 16.0. The number of nitrogens with one attached hydrogen (secondary N) is 1. The van der Waals surface area contributed by atoms with E-state index in [0.29, 0.717) is 5.56 Å². The fraction of sp³-hybridized carbons (Fsp3) is 0.409. The highest BCUT2D eigenvalue weighted by molar-refractivity contribution is 6.06. The molecule has 1 aromatic carbocycles. The first-order valence-electron chi connectivity index (χ1n) is 9.87. The lowest BCUT2D eigenvalue weighted by atomic mass is 10.1.